The molecule has 0 spiro atoms. The molecule has 1 fully saturated rings. The van der Waals surface area contributed by atoms with E-state index in [-0.39, 0.29) is 12.2 Å². The third-order valence-corrected chi connectivity index (χ3v) is 3.65. The molecule has 2 unspecified atom stereocenters. The van der Waals surface area contributed by atoms with E-state index in [4.69, 9.17) is 16.2 Å². The van der Waals surface area contributed by atoms with Crippen LogP contribution in [0.5, 0.6) is 11.5 Å². The molecular weight excluding hydrogens is 280 g/mol. The SMILES string of the molecule is NC1=NN2C(N)C1N2Nc1cccc(Oc2ccccc2)c1. The second kappa shape index (κ2) is 4.90. The molecule has 0 aromatic heterocycles. The summed E-state index contributed by atoms with van der Waals surface area (Å²) in [6, 6.07) is 17.2. The van der Waals surface area contributed by atoms with Gasteiger partial charge in [0.1, 0.15) is 29.5 Å². The summed E-state index contributed by atoms with van der Waals surface area (Å²) in [5, 5.41) is 7.58. The van der Waals surface area contributed by atoms with Gasteiger partial charge in [-0.3, -0.25) is 5.43 Å². The predicted octanol–water partition coefficient (Wildman–Crippen LogP) is 1.28. The lowest BCUT2D eigenvalue weighted by Crippen LogP contribution is -2.72. The topological polar surface area (TPSA) is 92.1 Å². The van der Waals surface area contributed by atoms with Gasteiger partial charge in [-0.2, -0.15) is 5.12 Å². The van der Waals surface area contributed by atoms with Crippen molar-refractivity contribution in [3.05, 3.63) is 54.6 Å². The van der Waals surface area contributed by atoms with E-state index in [0.29, 0.717) is 5.84 Å². The molecule has 0 saturated carbocycles. The van der Waals surface area contributed by atoms with Gasteiger partial charge in [0, 0.05) is 6.07 Å². The molecule has 22 heavy (non-hydrogen) atoms. The van der Waals surface area contributed by atoms with Crippen LogP contribution in [0.1, 0.15) is 0 Å². The van der Waals surface area contributed by atoms with Crippen LogP contribution in [-0.4, -0.2) is 28.3 Å². The molecule has 3 aliphatic rings. The largest absolute Gasteiger partial charge is 0.457 e. The van der Waals surface area contributed by atoms with E-state index in [9.17, 15) is 0 Å². The van der Waals surface area contributed by atoms with Gasteiger partial charge in [0.2, 0.25) is 0 Å². The molecule has 7 nitrogen and oxygen atoms in total. The van der Waals surface area contributed by atoms with E-state index in [0.717, 1.165) is 17.2 Å². The van der Waals surface area contributed by atoms with E-state index in [1.165, 1.54) is 0 Å². The zero-order chi connectivity index (χ0) is 15.1. The summed E-state index contributed by atoms with van der Waals surface area (Å²) in [6.07, 6.45) is -0.184. The Bertz CT molecular complexity index is 719. The van der Waals surface area contributed by atoms with Gasteiger partial charge in [0.25, 0.3) is 0 Å². The first-order valence-electron chi connectivity index (χ1n) is 7.00. The number of nitrogens with zero attached hydrogens (tertiary/aromatic N) is 3. The first-order chi connectivity index (χ1) is 10.7. The van der Waals surface area contributed by atoms with Crippen molar-refractivity contribution in [3.8, 4) is 11.5 Å². The lowest BCUT2D eigenvalue weighted by atomic mass is 10.2. The van der Waals surface area contributed by atoms with Crippen molar-refractivity contribution in [1.29, 1.82) is 0 Å². The molecule has 1 saturated heterocycles. The van der Waals surface area contributed by atoms with E-state index in [1.807, 2.05) is 59.7 Å². The zero-order valence-electron chi connectivity index (χ0n) is 11.8. The minimum atomic E-state index is -0.184. The van der Waals surface area contributed by atoms with Crippen molar-refractivity contribution in [3.63, 3.8) is 0 Å². The van der Waals surface area contributed by atoms with Crippen molar-refractivity contribution in [2.75, 3.05) is 5.43 Å². The Balaban J connectivity index is 1.47. The Morgan fingerprint density at radius 2 is 1.82 bits per heavy atom. The fourth-order valence-corrected chi connectivity index (χ4v) is 2.57. The average Bonchev–Trinajstić information content (AvgIpc) is 3.02. The molecule has 5 rings (SSSR count). The van der Waals surface area contributed by atoms with Crippen LogP contribution in [0.2, 0.25) is 0 Å². The number of ether oxygens (including phenoxy) is 1. The molecule has 2 bridgehead atoms. The van der Waals surface area contributed by atoms with Crippen molar-refractivity contribution in [2.24, 2.45) is 16.6 Å². The van der Waals surface area contributed by atoms with Gasteiger partial charge in [0.15, 0.2) is 0 Å². The smallest absolute Gasteiger partial charge is 0.147 e. The number of nitrogens with two attached hydrogens (primary N) is 2. The Morgan fingerprint density at radius 3 is 2.50 bits per heavy atom. The first kappa shape index (κ1) is 12.9. The van der Waals surface area contributed by atoms with Crippen molar-refractivity contribution >= 4 is 11.5 Å². The summed E-state index contributed by atoms with van der Waals surface area (Å²) < 4.78 is 5.81. The molecule has 3 heterocycles. The molecule has 0 radical (unpaired) electrons. The number of hydrazine groups is 2. The van der Waals surface area contributed by atoms with Crippen molar-refractivity contribution < 1.29 is 4.74 Å². The summed E-state index contributed by atoms with van der Waals surface area (Å²) in [5.41, 5.74) is 15.8. The van der Waals surface area contributed by atoms with E-state index in [1.54, 1.807) is 5.12 Å². The summed E-state index contributed by atoms with van der Waals surface area (Å²) in [5.74, 6) is 2.07. The monoisotopic (exact) mass is 296 g/mol. The highest BCUT2D eigenvalue weighted by Crippen LogP contribution is 2.32. The molecule has 2 aromatic carbocycles. The molecule has 3 aliphatic heterocycles. The summed E-state index contributed by atoms with van der Waals surface area (Å²) in [6.45, 7) is 0. The van der Waals surface area contributed by atoms with Gasteiger partial charge in [-0.15, -0.1) is 10.2 Å². The Kier molecular flexibility index (Phi) is 2.88. The molecule has 2 atom stereocenters. The van der Waals surface area contributed by atoms with Crippen LogP contribution in [0.15, 0.2) is 59.7 Å². The maximum Gasteiger partial charge on any atom is 0.147 e. The van der Waals surface area contributed by atoms with Gasteiger partial charge in [-0.25, -0.2) is 0 Å². The second-order valence-corrected chi connectivity index (χ2v) is 5.18. The number of benzene rings is 2. The van der Waals surface area contributed by atoms with Crippen LogP contribution >= 0.6 is 0 Å². The Morgan fingerprint density at radius 1 is 1.05 bits per heavy atom. The maximum atomic E-state index is 5.92. The molecule has 112 valence electrons. The number of rotatable bonds is 4. The quantitative estimate of drug-likeness (QED) is 0.787. The van der Waals surface area contributed by atoms with Crippen molar-refractivity contribution in [2.45, 2.75) is 12.2 Å². The Hall–Kier alpha value is -2.77. The molecule has 0 aliphatic carbocycles. The lowest BCUT2D eigenvalue weighted by Gasteiger charge is -2.46. The van der Waals surface area contributed by atoms with Crippen LogP contribution in [0.25, 0.3) is 0 Å². The third kappa shape index (κ3) is 2.03. The van der Waals surface area contributed by atoms with E-state index >= 15 is 0 Å². The minimum absolute atomic E-state index is 0.0984. The van der Waals surface area contributed by atoms with Crippen LogP contribution in [0.3, 0.4) is 0 Å². The number of hydrazone groups is 1. The van der Waals surface area contributed by atoms with E-state index < -0.39 is 0 Å². The lowest BCUT2D eigenvalue weighted by molar-refractivity contribution is -0.143. The van der Waals surface area contributed by atoms with Crippen LogP contribution < -0.4 is 21.6 Å². The summed E-state index contributed by atoms with van der Waals surface area (Å²) in [4.78, 5) is 0. The van der Waals surface area contributed by atoms with Crippen LogP contribution in [0, 0.1) is 0 Å². The van der Waals surface area contributed by atoms with Crippen LogP contribution in [-0.2, 0) is 0 Å². The molecule has 2 aromatic rings. The number of hydrogen-bond donors (Lipinski definition) is 3. The van der Waals surface area contributed by atoms with Gasteiger partial charge in [0.05, 0.1) is 5.69 Å². The number of para-hydroxylation sites is 1. The minimum Gasteiger partial charge on any atom is -0.457 e. The third-order valence-electron chi connectivity index (χ3n) is 3.65. The predicted molar refractivity (Wildman–Crippen MR) is 83.6 cm³/mol. The zero-order valence-corrected chi connectivity index (χ0v) is 11.8. The fourth-order valence-electron chi connectivity index (χ4n) is 2.57. The Labute approximate surface area is 127 Å². The van der Waals surface area contributed by atoms with Gasteiger partial charge in [-0.05, 0) is 24.3 Å². The summed E-state index contributed by atoms with van der Waals surface area (Å²) >= 11 is 0. The average molecular weight is 296 g/mol. The normalized spacial score (nSPS) is 23.0. The molecule has 0 amide bonds. The van der Waals surface area contributed by atoms with E-state index in [2.05, 4.69) is 10.5 Å². The number of amidine groups is 1. The standard InChI is InChI=1S/C15H16N6O/c16-14-13-15(17)21(19-14)20(13)18-10-5-4-8-12(9-10)22-11-6-2-1-3-7-11/h1-9,13,15,18H,17H2,(H2,16,19). The highest BCUT2D eigenvalue weighted by Gasteiger charge is 2.53. The van der Waals surface area contributed by atoms with Gasteiger partial charge >= 0.3 is 0 Å². The molecule has 5 N–H and O–H groups in total. The van der Waals surface area contributed by atoms with Crippen LogP contribution in [0.4, 0.5) is 5.69 Å². The van der Waals surface area contributed by atoms with Gasteiger partial charge in [-0.1, -0.05) is 24.3 Å². The maximum absolute atomic E-state index is 5.92. The molecular formula is C15H16N6O. The first-order valence-corrected chi connectivity index (χ1v) is 7.00. The number of anilines is 1. The van der Waals surface area contributed by atoms with Gasteiger partial charge < -0.3 is 16.2 Å². The van der Waals surface area contributed by atoms with Crippen molar-refractivity contribution in [1.82, 2.24) is 10.2 Å². The second-order valence-electron chi connectivity index (χ2n) is 5.18. The molecule has 7 heteroatoms. The number of hydrogen-bond acceptors (Lipinski definition) is 7. The highest BCUT2D eigenvalue weighted by molar-refractivity contribution is 5.89. The number of nitrogens with one attached hydrogen (secondary N) is 1. The fraction of sp³-hybridized carbons (Fsp3) is 0.133. The summed E-state index contributed by atoms with van der Waals surface area (Å²) in [7, 11) is 0. The highest BCUT2D eigenvalue weighted by atomic mass is 16.5.